The second-order valence-corrected chi connectivity index (χ2v) is 15.7. The number of hydrogen-bond acceptors (Lipinski definition) is 8. The van der Waals surface area contributed by atoms with Crippen LogP contribution in [-0.4, -0.2) is 104 Å². The number of benzene rings is 5. The van der Waals surface area contributed by atoms with Crippen molar-refractivity contribution in [3.05, 3.63) is 179 Å². The summed E-state index contributed by atoms with van der Waals surface area (Å²) in [6, 6.07) is 48.5. The summed E-state index contributed by atoms with van der Waals surface area (Å²) < 4.78 is 10.1. The number of nitrogens with one attached hydrogen (secondary N) is 1. The van der Waals surface area contributed by atoms with E-state index in [1.807, 2.05) is 147 Å². The van der Waals surface area contributed by atoms with E-state index in [1.165, 1.54) is 19.8 Å². The van der Waals surface area contributed by atoms with Crippen molar-refractivity contribution in [3.8, 4) is 0 Å². The quantitative estimate of drug-likeness (QED) is 0.134. The molecule has 1 N–H and O–H groups in total. The molecule has 10 heteroatoms. The summed E-state index contributed by atoms with van der Waals surface area (Å²) in [5.41, 5.74) is 4.92. The predicted molar refractivity (Wildman–Crippen MR) is 238 cm³/mol. The smallest absolute Gasteiger partial charge is 0.328 e. The molecule has 2 amide bonds. The molecule has 7 rings (SSSR count). The third-order valence-electron chi connectivity index (χ3n) is 12.0. The lowest BCUT2D eigenvalue weighted by Gasteiger charge is -2.42. The number of methoxy groups -OCH3 is 2. The van der Waals surface area contributed by atoms with Crippen LogP contribution in [0.15, 0.2) is 152 Å². The van der Waals surface area contributed by atoms with Crippen molar-refractivity contribution in [1.82, 2.24) is 20.0 Å². The maximum atomic E-state index is 14.0. The second-order valence-electron chi connectivity index (χ2n) is 15.7. The summed E-state index contributed by atoms with van der Waals surface area (Å²) in [6.07, 6.45) is 2.73. The lowest BCUT2D eigenvalue weighted by molar-refractivity contribution is -0.156. The number of ether oxygens (including phenoxy) is 2. The minimum atomic E-state index is -0.607. The van der Waals surface area contributed by atoms with E-state index in [-0.39, 0.29) is 35.8 Å². The maximum absolute atomic E-state index is 14.0. The van der Waals surface area contributed by atoms with Crippen molar-refractivity contribution in [2.24, 2.45) is 0 Å². The monoisotopic (exact) mass is 822 g/mol. The number of carbonyl (C=O) groups excluding carboxylic acids is 4. The van der Waals surface area contributed by atoms with E-state index in [9.17, 15) is 19.2 Å². The summed E-state index contributed by atoms with van der Waals surface area (Å²) >= 11 is 0. The Morgan fingerprint density at radius 2 is 0.934 bits per heavy atom. The molecule has 0 aliphatic carbocycles. The summed E-state index contributed by atoms with van der Waals surface area (Å²) in [7, 11) is 6.74. The van der Waals surface area contributed by atoms with Gasteiger partial charge in [-0.15, -0.1) is 0 Å². The van der Waals surface area contributed by atoms with Gasteiger partial charge >= 0.3 is 11.9 Å². The summed E-state index contributed by atoms with van der Waals surface area (Å²) in [5, 5.41) is 3.22. The Labute approximate surface area is 360 Å². The molecular weight excluding hydrogens is 765 g/mol. The van der Waals surface area contributed by atoms with Crippen molar-refractivity contribution in [2.75, 3.05) is 41.4 Å². The van der Waals surface area contributed by atoms with E-state index < -0.39 is 23.9 Å². The van der Waals surface area contributed by atoms with Crippen LogP contribution >= 0.6 is 0 Å². The summed E-state index contributed by atoms with van der Waals surface area (Å²) in [5.74, 6) is -1.73. The van der Waals surface area contributed by atoms with Crippen LogP contribution < -0.4 is 5.32 Å². The first-order valence-electron chi connectivity index (χ1n) is 21.1. The molecule has 5 aromatic rings. The molecular formula is C51H58N4O6. The van der Waals surface area contributed by atoms with Crippen molar-refractivity contribution >= 4 is 23.8 Å². The molecule has 2 fully saturated rings. The topological polar surface area (TPSA) is 108 Å². The van der Waals surface area contributed by atoms with Gasteiger partial charge in [-0.25, -0.2) is 9.59 Å². The number of rotatable bonds is 12. The lowest BCUT2D eigenvalue weighted by atomic mass is 9.87. The van der Waals surface area contributed by atoms with Crippen molar-refractivity contribution in [1.29, 1.82) is 0 Å². The fourth-order valence-corrected chi connectivity index (χ4v) is 8.69. The van der Waals surface area contributed by atoms with Gasteiger partial charge in [0.15, 0.2) is 0 Å². The standard InChI is InChI=1S/C29H32N2O3.C22H26N2O3/c1-30(21-22-12-6-3-7-13-22)25-18-19-31(26(20-25)29(33)34-2)28(32)27(23-14-8-4-9-15-23)24-16-10-5-11-17-24;1-23-18-13-14-24(19(15-18)22(26)27-2)21(25)20(16-9-5-3-6-10-16)17-11-7-4-8-12-17/h3-17,25-27H,18-21H2,1-2H3;3-12,18-20,23H,13-15H2,1-2H3/t25-,26-;18-,19-/m00/s1. The highest BCUT2D eigenvalue weighted by molar-refractivity contribution is 5.92. The van der Waals surface area contributed by atoms with Gasteiger partial charge in [0.25, 0.3) is 0 Å². The van der Waals surface area contributed by atoms with Gasteiger partial charge in [-0.3, -0.25) is 14.5 Å². The molecule has 2 heterocycles. The first kappa shape index (κ1) is 44.5. The normalized spacial score (nSPS) is 18.9. The van der Waals surface area contributed by atoms with Gasteiger partial charge < -0.3 is 24.6 Å². The Morgan fingerprint density at radius 1 is 0.574 bits per heavy atom. The maximum Gasteiger partial charge on any atom is 0.328 e. The summed E-state index contributed by atoms with van der Waals surface area (Å²) in [6.45, 7) is 1.84. The number of nitrogens with zero attached hydrogens (tertiary/aromatic N) is 3. The molecule has 0 bridgehead atoms. The van der Waals surface area contributed by atoms with Gasteiger partial charge in [0, 0.05) is 31.7 Å². The largest absolute Gasteiger partial charge is 0.467 e. The van der Waals surface area contributed by atoms with E-state index in [2.05, 4.69) is 29.4 Å². The average molecular weight is 823 g/mol. The van der Waals surface area contributed by atoms with Crippen LogP contribution in [0, 0.1) is 0 Å². The van der Waals surface area contributed by atoms with E-state index in [1.54, 1.807) is 9.80 Å². The van der Waals surface area contributed by atoms with Crippen LogP contribution in [0.4, 0.5) is 0 Å². The number of hydrogen-bond donors (Lipinski definition) is 1. The zero-order chi connectivity index (χ0) is 43.1. The van der Waals surface area contributed by atoms with E-state index in [0.29, 0.717) is 25.9 Å². The molecule has 4 atom stereocenters. The third-order valence-corrected chi connectivity index (χ3v) is 12.0. The number of piperidine rings is 2. The molecule has 0 radical (unpaired) electrons. The molecule has 2 aliphatic rings. The number of esters is 2. The highest BCUT2D eigenvalue weighted by Crippen LogP contribution is 2.33. The van der Waals surface area contributed by atoms with Gasteiger partial charge in [-0.2, -0.15) is 0 Å². The number of likely N-dealkylation sites (tertiary alicyclic amines) is 2. The molecule has 0 saturated carbocycles. The first-order valence-corrected chi connectivity index (χ1v) is 21.1. The Morgan fingerprint density at radius 3 is 1.31 bits per heavy atom. The van der Waals surface area contributed by atoms with Gasteiger partial charge in [0.2, 0.25) is 11.8 Å². The first-order chi connectivity index (χ1) is 29.7. The Bertz CT molecular complexity index is 2060. The molecule has 0 unspecified atom stereocenters. The van der Waals surface area contributed by atoms with Gasteiger partial charge in [-0.05, 0) is 67.6 Å². The predicted octanol–water partition coefficient (Wildman–Crippen LogP) is 7.05. The van der Waals surface area contributed by atoms with Gasteiger partial charge in [0.05, 0.1) is 26.1 Å². The van der Waals surface area contributed by atoms with Gasteiger partial charge in [-0.1, -0.05) is 152 Å². The Hall–Kier alpha value is -6.10. The van der Waals surface area contributed by atoms with E-state index in [0.717, 1.165) is 41.6 Å². The van der Waals surface area contributed by atoms with Crippen molar-refractivity contribution < 1.29 is 28.7 Å². The molecule has 5 aromatic carbocycles. The Kier molecular flexibility index (Phi) is 16.0. The molecule has 10 nitrogen and oxygen atoms in total. The van der Waals surface area contributed by atoms with Crippen molar-refractivity contribution in [3.63, 3.8) is 0 Å². The molecule has 2 aliphatic heterocycles. The minimum absolute atomic E-state index is 0.0580. The number of carbonyl (C=O) groups is 4. The lowest BCUT2D eigenvalue weighted by Crippen LogP contribution is -2.55. The van der Waals surface area contributed by atoms with Crippen molar-refractivity contribution in [2.45, 2.75) is 68.2 Å². The van der Waals surface area contributed by atoms with Crippen LogP contribution in [0.25, 0.3) is 0 Å². The second kappa shape index (κ2) is 21.9. The molecule has 61 heavy (non-hydrogen) atoms. The third kappa shape index (κ3) is 11.2. The van der Waals surface area contributed by atoms with E-state index in [4.69, 9.17) is 9.47 Å². The Balaban J connectivity index is 0.000000210. The molecule has 2 saturated heterocycles. The van der Waals surface area contributed by atoms with Gasteiger partial charge in [0.1, 0.15) is 12.1 Å². The zero-order valence-electron chi connectivity index (χ0n) is 35.6. The molecule has 0 spiro atoms. The number of amides is 2. The molecule has 318 valence electrons. The zero-order valence-corrected chi connectivity index (χ0v) is 35.6. The van der Waals surface area contributed by atoms with Crippen LogP contribution in [-0.2, 0) is 35.2 Å². The van der Waals surface area contributed by atoms with Crippen LogP contribution in [0.2, 0.25) is 0 Å². The summed E-state index contributed by atoms with van der Waals surface area (Å²) in [4.78, 5) is 58.6. The molecule has 0 aromatic heterocycles. The van der Waals surface area contributed by atoms with Crippen LogP contribution in [0.3, 0.4) is 0 Å². The van der Waals surface area contributed by atoms with Crippen LogP contribution in [0.5, 0.6) is 0 Å². The minimum Gasteiger partial charge on any atom is -0.467 e. The highest BCUT2D eigenvalue weighted by atomic mass is 16.5. The van der Waals surface area contributed by atoms with E-state index >= 15 is 0 Å². The highest BCUT2D eigenvalue weighted by Gasteiger charge is 2.42. The fourth-order valence-electron chi connectivity index (χ4n) is 8.69. The SMILES string of the molecule is CN[C@H]1CCN(C(=O)C(c2ccccc2)c2ccccc2)[C@H](C(=O)OC)C1.COC(=O)[C@@H]1C[C@@H](N(C)Cc2ccccc2)CCN1C(=O)C(c1ccccc1)c1ccccc1. The average Bonchev–Trinajstić information content (AvgIpc) is 3.32. The van der Waals surface area contributed by atoms with Crippen LogP contribution in [0.1, 0.15) is 65.3 Å². The fraction of sp³-hybridized carbons (Fsp3) is 0.333.